The lowest BCUT2D eigenvalue weighted by Crippen LogP contribution is -2.33. The van der Waals surface area contributed by atoms with Gasteiger partial charge in [0.15, 0.2) is 5.11 Å². The Morgan fingerprint density at radius 3 is 2.45 bits per heavy atom. The van der Waals surface area contributed by atoms with Crippen molar-refractivity contribution in [1.29, 1.82) is 0 Å². The van der Waals surface area contributed by atoms with Gasteiger partial charge in [-0.25, -0.2) is 8.78 Å². The number of pyridine rings is 1. The molecule has 0 unspecified atom stereocenters. The van der Waals surface area contributed by atoms with Crippen molar-refractivity contribution in [2.24, 2.45) is 0 Å². The SMILES string of the molecule is Cc1cc([C@H]2[C@H](c3ccccn3)NC(=S)N2CCC(=O)Nc2ccccc2F)c(C)n1-c1ccccc1F. The van der Waals surface area contributed by atoms with E-state index in [1.807, 2.05) is 47.6 Å². The van der Waals surface area contributed by atoms with Crippen LogP contribution in [0, 0.1) is 25.5 Å². The Labute approximate surface area is 225 Å². The normalized spacial score (nSPS) is 16.9. The predicted molar refractivity (Wildman–Crippen MR) is 147 cm³/mol. The average Bonchev–Trinajstić information content (AvgIpc) is 3.39. The van der Waals surface area contributed by atoms with Crippen LogP contribution in [0.4, 0.5) is 14.5 Å². The van der Waals surface area contributed by atoms with Gasteiger partial charge < -0.3 is 20.1 Å². The second-order valence-corrected chi connectivity index (χ2v) is 9.60. The van der Waals surface area contributed by atoms with Crippen LogP contribution >= 0.6 is 12.2 Å². The zero-order valence-electron chi connectivity index (χ0n) is 21.0. The van der Waals surface area contributed by atoms with Gasteiger partial charge in [-0.3, -0.25) is 9.78 Å². The third kappa shape index (κ3) is 4.89. The van der Waals surface area contributed by atoms with Crippen molar-refractivity contribution in [3.05, 3.63) is 113 Å². The third-order valence-corrected chi connectivity index (χ3v) is 7.16. The van der Waals surface area contributed by atoms with Crippen molar-refractivity contribution in [2.45, 2.75) is 32.4 Å². The predicted octanol–water partition coefficient (Wildman–Crippen LogP) is 5.77. The van der Waals surface area contributed by atoms with Crippen LogP contribution in [0.5, 0.6) is 0 Å². The molecule has 1 aliphatic rings. The van der Waals surface area contributed by atoms with Crippen molar-refractivity contribution in [3.63, 3.8) is 0 Å². The Morgan fingerprint density at radius 2 is 1.74 bits per heavy atom. The number of nitrogens with one attached hydrogen (secondary N) is 2. The molecule has 1 aliphatic heterocycles. The first-order chi connectivity index (χ1) is 18.3. The molecule has 6 nitrogen and oxygen atoms in total. The standard InChI is InChI=1S/C29H27F2N5OS/c1-18-17-20(19(2)36(18)25-13-6-4-10-22(25)31)28-27(24-12-7-8-15-32-24)34-29(38)35(28)16-14-26(37)33-23-11-5-3-9-21(23)30/h3-13,15,17,27-28H,14,16H2,1-2H3,(H,33,37)(H,34,38)/t27-,28-/m0/s1. The van der Waals surface area contributed by atoms with Crippen molar-refractivity contribution >= 4 is 28.9 Å². The topological polar surface area (TPSA) is 62.2 Å². The summed E-state index contributed by atoms with van der Waals surface area (Å²) < 4.78 is 30.7. The van der Waals surface area contributed by atoms with E-state index in [0.29, 0.717) is 17.3 Å². The molecular formula is C29H27F2N5OS. The molecule has 194 valence electrons. The van der Waals surface area contributed by atoms with Crippen LogP contribution in [0.3, 0.4) is 0 Å². The molecule has 1 amide bonds. The molecule has 2 atom stereocenters. The van der Waals surface area contributed by atoms with Crippen LogP contribution in [-0.2, 0) is 4.79 Å². The number of halogens is 2. The number of nitrogens with zero attached hydrogens (tertiary/aromatic N) is 3. The van der Waals surface area contributed by atoms with E-state index < -0.39 is 5.82 Å². The number of carbonyl (C=O) groups is 1. The van der Waals surface area contributed by atoms with Gasteiger partial charge in [0.1, 0.15) is 11.6 Å². The Balaban J connectivity index is 1.48. The van der Waals surface area contributed by atoms with Crippen LogP contribution in [0.2, 0.25) is 0 Å². The monoisotopic (exact) mass is 531 g/mol. The van der Waals surface area contributed by atoms with Crippen molar-refractivity contribution in [1.82, 2.24) is 19.8 Å². The fourth-order valence-electron chi connectivity index (χ4n) is 5.07. The zero-order chi connectivity index (χ0) is 26.8. The smallest absolute Gasteiger partial charge is 0.226 e. The van der Waals surface area contributed by atoms with Gasteiger partial charge in [-0.05, 0) is 74.1 Å². The number of rotatable bonds is 7. The van der Waals surface area contributed by atoms with Crippen LogP contribution in [0.1, 0.15) is 41.1 Å². The second kappa shape index (κ2) is 10.7. The molecule has 0 spiro atoms. The van der Waals surface area contributed by atoms with Crippen LogP contribution in [-0.4, -0.2) is 32.0 Å². The lowest BCUT2D eigenvalue weighted by atomic mass is 9.96. The van der Waals surface area contributed by atoms with Gasteiger partial charge in [0.05, 0.1) is 29.2 Å². The third-order valence-electron chi connectivity index (χ3n) is 6.81. The van der Waals surface area contributed by atoms with E-state index in [9.17, 15) is 13.6 Å². The molecule has 2 N–H and O–H groups in total. The molecule has 0 radical (unpaired) electrons. The summed E-state index contributed by atoms with van der Waals surface area (Å²) in [7, 11) is 0. The van der Waals surface area contributed by atoms with Gasteiger partial charge in [0.25, 0.3) is 0 Å². The molecule has 9 heteroatoms. The number of anilines is 1. The number of benzene rings is 2. The summed E-state index contributed by atoms with van der Waals surface area (Å²) in [6, 6.07) is 19.9. The van der Waals surface area contributed by atoms with Crippen LogP contribution in [0.15, 0.2) is 79.0 Å². The lowest BCUT2D eigenvalue weighted by molar-refractivity contribution is -0.116. The van der Waals surface area contributed by atoms with Crippen molar-refractivity contribution < 1.29 is 13.6 Å². The van der Waals surface area contributed by atoms with Gasteiger partial charge in [0, 0.05) is 30.6 Å². The highest BCUT2D eigenvalue weighted by atomic mass is 32.1. The molecule has 2 aromatic carbocycles. The molecule has 5 rings (SSSR count). The molecular weight excluding hydrogens is 504 g/mol. The Hall–Kier alpha value is -4.11. The number of hydrogen-bond donors (Lipinski definition) is 2. The van der Waals surface area contributed by atoms with Crippen molar-refractivity contribution in [3.8, 4) is 5.69 Å². The van der Waals surface area contributed by atoms with E-state index >= 15 is 0 Å². The number of carbonyl (C=O) groups excluding carboxylic acids is 1. The minimum absolute atomic E-state index is 0.0909. The molecule has 3 heterocycles. The number of hydrogen-bond acceptors (Lipinski definition) is 3. The summed E-state index contributed by atoms with van der Waals surface area (Å²) in [4.78, 5) is 19.3. The van der Waals surface area contributed by atoms with Crippen LogP contribution in [0.25, 0.3) is 5.69 Å². The van der Waals surface area contributed by atoms with E-state index in [4.69, 9.17) is 12.2 Å². The van der Waals surface area contributed by atoms with E-state index in [1.165, 1.54) is 18.2 Å². The van der Waals surface area contributed by atoms with Gasteiger partial charge in [-0.15, -0.1) is 0 Å². The molecule has 0 saturated carbocycles. The highest BCUT2D eigenvalue weighted by Gasteiger charge is 2.41. The minimum Gasteiger partial charge on any atom is -0.352 e. The first-order valence-electron chi connectivity index (χ1n) is 12.3. The molecule has 0 bridgehead atoms. The van der Waals surface area contributed by atoms with Gasteiger partial charge in [0.2, 0.25) is 5.91 Å². The number of aromatic nitrogens is 2. The van der Waals surface area contributed by atoms with E-state index in [1.54, 1.807) is 36.5 Å². The lowest BCUT2D eigenvalue weighted by Gasteiger charge is -2.28. The summed E-state index contributed by atoms with van der Waals surface area (Å²) in [6.07, 6.45) is 1.82. The molecule has 4 aromatic rings. The maximum Gasteiger partial charge on any atom is 0.226 e. The summed E-state index contributed by atoms with van der Waals surface area (Å²) in [5.41, 5.74) is 4.09. The zero-order valence-corrected chi connectivity index (χ0v) is 21.8. The molecule has 1 saturated heterocycles. The fourth-order valence-corrected chi connectivity index (χ4v) is 5.40. The maximum absolute atomic E-state index is 14.8. The fraction of sp³-hybridized carbons (Fsp3) is 0.207. The van der Waals surface area contributed by atoms with E-state index in [-0.39, 0.29) is 35.9 Å². The van der Waals surface area contributed by atoms with Gasteiger partial charge in [-0.2, -0.15) is 0 Å². The summed E-state index contributed by atoms with van der Waals surface area (Å²) >= 11 is 5.72. The number of amides is 1. The van der Waals surface area contributed by atoms with Crippen molar-refractivity contribution in [2.75, 3.05) is 11.9 Å². The minimum atomic E-state index is -0.493. The number of thiocarbonyl (C=S) groups is 1. The Bertz CT molecular complexity index is 1490. The van der Waals surface area contributed by atoms with E-state index in [2.05, 4.69) is 15.6 Å². The summed E-state index contributed by atoms with van der Waals surface area (Å²) in [6.45, 7) is 4.18. The average molecular weight is 532 g/mol. The first kappa shape index (κ1) is 25.5. The van der Waals surface area contributed by atoms with Gasteiger partial charge in [-0.1, -0.05) is 30.3 Å². The highest BCUT2D eigenvalue weighted by Crippen LogP contribution is 2.41. The molecule has 38 heavy (non-hydrogen) atoms. The van der Waals surface area contributed by atoms with E-state index in [0.717, 1.165) is 22.6 Å². The Kier molecular flexibility index (Phi) is 7.20. The van der Waals surface area contributed by atoms with Gasteiger partial charge >= 0.3 is 0 Å². The summed E-state index contributed by atoms with van der Waals surface area (Å²) in [5.74, 6) is -1.13. The maximum atomic E-state index is 14.8. The number of aryl methyl sites for hydroxylation is 1. The largest absolute Gasteiger partial charge is 0.352 e. The number of para-hydroxylation sites is 2. The second-order valence-electron chi connectivity index (χ2n) is 9.21. The molecule has 2 aromatic heterocycles. The quantitative estimate of drug-likeness (QED) is 0.297. The molecule has 0 aliphatic carbocycles. The Morgan fingerprint density at radius 1 is 1.03 bits per heavy atom. The molecule has 1 fully saturated rings. The first-order valence-corrected chi connectivity index (χ1v) is 12.7. The summed E-state index contributed by atoms with van der Waals surface area (Å²) in [5, 5.41) is 6.50. The van der Waals surface area contributed by atoms with Crippen LogP contribution < -0.4 is 10.6 Å². The highest BCUT2D eigenvalue weighted by molar-refractivity contribution is 7.80.